The van der Waals surface area contributed by atoms with Crippen LogP contribution in [0.5, 0.6) is 0 Å². The van der Waals surface area contributed by atoms with Crippen LogP contribution in [0.25, 0.3) is 0 Å². The average Bonchev–Trinajstić information content (AvgIpc) is 2.92. The standard InChI is InChI=1S/C14H16BrN3O/c15-6-11-2-1-3-12(11)9-18-14(19)13-5-4-10(7-16)8-17-13/h4-5,8,11-12H,1-3,6,9H2,(H,18,19). The van der Waals surface area contributed by atoms with E-state index < -0.39 is 0 Å². The highest BCUT2D eigenvalue weighted by molar-refractivity contribution is 9.09. The molecule has 2 atom stereocenters. The molecule has 19 heavy (non-hydrogen) atoms. The number of rotatable bonds is 4. The third-order valence-electron chi connectivity index (χ3n) is 3.66. The Morgan fingerprint density at radius 1 is 1.47 bits per heavy atom. The summed E-state index contributed by atoms with van der Waals surface area (Å²) >= 11 is 3.53. The smallest absolute Gasteiger partial charge is 0.269 e. The lowest BCUT2D eigenvalue weighted by atomic mass is 9.98. The summed E-state index contributed by atoms with van der Waals surface area (Å²) in [7, 11) is 0. The number of nitrogens with one attached hydrogen (secondary N) is 1. The van der Waals surface area contributed by atoms with E-state index in [1.165, 1.54) is 25.5 Å². The fourth-order valence-electron chi connectivity index (χ4n) is 2.49. The first-order valence-electron chi connectivity index (χ1n) is 6.45. The van der Waals surface area contributed by atoms with Gasteiger partial charge in [-0.1, -0.05) is 22.4 Å². The highest BCUT2D eigenvalue weighted by atomic mass is 79.9. The van der Waals surface area contributed by atoms with Gasteiger partial charge in [0, 0.05) is 18.1 Å². The van der Waals surface area contributed by atoms with Gasteiger partial charge in [-0.15, -0.1) is 0 Å². The van der Waals surface area contributed by atoms with Crippen molar-refractivity contribution >= 4 is 21.8 Å². The Morgan fingerprint density at radius 2 is 2.26 bits per heavy atom. The summed E-state index contributed by atoms with van der Waals surface area (Å²) in [6.45, 7) is 0.705. The molecule has 1 aromatic rings. The Hall–Kier alpha value is -1.41. The lowest BCUT2D eigenvalue weighted by molar-refractivity contribution is 0.0940. The number of amides is 1. The van der Waals surface area contributed by atoms with Gasteiger partial charge in [-0.25, -0.2) is 4.98 Å². The van der Waals surface area contributed by atoms with Crippen LogP contribution in [0.2, 0.25) is 0 Å². The van der Waals surface area contributed by atoms with Crippen molar-refractivity contribution in [3.63, 3.8) is 0 Å². The van der Waals surface area contributed by atoms with Gasteiger partial charge in [-0.05, 0) is 36.8 Å². The number of carbonyl (C=O) groups excluding carboxylic acids is 1. The molecule has 0 bridgehead atoms. The maximum atomic E-state index is 11.9. The molecule has 5 heteroatoms. The number of aromatic nitrogens is 1. The normalized spacial score (nSPS) is 21.9. The van der Waals surface area contributed by atoms with Crippen molar-refractivity contribution in [3.05, 3.63) is 29.6 Å². The number of nitriles is 1. The molecule has 2 unspecified atom stereocenters. The molecule has 1 fully saturated rings. The number of pyridine rings is 1. The number of alkyl halides is 1. The SMILES string of the molecule is N#Cc1ccc(C(=O)NCC2CCCC2CBr)nc1. The van der Waals surface area contributed by atoms with E-state index in [0.29, 0.717) is 29.6 Å². The lowest BCUT2D eigenvalue weighted by Gasteiger charge is -2.17. The molecular formula is C14H16BrN3O. The lowest BCUT2D eigenvalue weighted by Crippen LogP contribution is -2.31. The van der Waals surface area contributed by atoms with Crippen LogP contribution in [0.4, 0.5) is 0 Å². The van der Waals surface area contributed by atoms with Crippen LogP contribution in [0.15, 0.2) is 18.3 Å². The van der Waals surface area contributed by atoms with Crippen LogP contribution in [0.1, 0.15) is 35.3 Å². The molecule has 2 rings (SSSR count). The fourth-order valence-corrected chi connectivity index (χ4v) is 3.35. The first-order valence-corrected chi connectivity index (χ1v) is 7.57. The summed E-state index contributed by atoms with van der Waals surface area (Å²) in [4.78, 5) is 15.9. The van der Waals surface area contributed by atoms with Crippen molar-refractivity contribution in [3.8, 4) is 6.07 Å². The zero-order chi connectivity index (χ0) is 13.7. The summed E-state index contributed by atoms with van der Waals surface area (Å²) in [6, 6.07) is 5.18. The maximum absolute atomic E-state index is 11.9. The van der Waals surface area contributed by atoms with E-state index in [9.17, 15) is 4.79 Å². The van der Waals surface area contributed by atoms with Crippen LogP contribution in [-0.4, -0.2) is 22.8 Å². The van der Waals surface area contributed by atoms with Crippen LogP contribution in [0, 0.1) is 23.2 Å². The Bertz CT molecular complexity index is 480. The zero-order valence-corrected chi connectivity index (χ0v) is 12.2. The van der Waals surface area contributed by atoms with E-state index in [0.717, 1.165) is 5.33 Å². The van der Waals surface area contributed by atoms with E-state index in [-0.39, 0.29) is 5.91 Å². The topological polar surface area (TPSA) is 65.8 Å². The van der Waals surface area contributed by atoms with Gasteiger partial charge in [0.05, 0.1) is 5.56 Å². The van der Waals surface area contributed by atoms with Crippen molar-refractivity contribution in [2.24, 2.45) is 11.8 Å². The van der Waals surface area contributed by atoms with E-state index in [2.05, 4.69) is 26.2 Å². The van der Waals surface area contributed by atoms with Crippen LogP contribution < -0.4 is 5.32 Å². The first kappa shape index (κ1) is 14.0. The van der Waals surface area contributed by atoms with Gasteiger partial charge in [0.1, 0.15) is 11.8 Å². The summed E-state index contributed by atoms with van der Waals surface area (Å²) in [5, 5.41) is 12.6. The van der Waals surface area contributed by atoms with Crippen LogP contribution in [-0.2, 0) is 0 Å². The predicted octanol–water partition coefficient (Wildman–Crippen LogP) is 2.49. The van der Waals surface area contributed by atoms with Gasteiger partial charge in [0.25, 0.3) is 5.91 Å². The quantitative estimate of drug-likeness (QED) is 0.866. The Balaban J connectivity index is 1.88. The van der Waals surface area contributed by atoms with Crippen molar-refractivity contribution in [2.45, 2.75) is 19.3 Å². The highest BCUT2D eigenvalue weighted by Gasteiger charge is 2.26. The number of nitrogens with zero attached hydrogens (tertiary/aromatic N) is 2. The van der Waals surface area contributed by atoms with Gasteiger partial charge in [0.15, 0.2) is 0 Å². The third kappa shape index (κ3) is 3.54. The number of hydrogen-bond donors (Lipinski definition) is 1. The Labute approximate surface area is 121 Å². The molecule has 0 aliphatic heterocycles. The van der Waals surface area contributed by atoms with Gasteiger partial charge in [0.2, 0.25) is 0 Å². The Morgan fingerprint density at radius 3 is 2.89 bits per heavy atom. The summed E-state index contributed by atoms with van der Waals surface area (Å²) < 4.78 is 0. The second-order valence-corrected chi connectivity index (χ2v) is 5.51. The Kier molecular flexibility index (Phi) is 4.92. The van der Waals surface area contributed by atoms with Gasteiger partial charge < -0.3 is 5.32 Å². The van der Waals surface area contributed by atoms with Crippen LogP contribution >= 0.6 is 15.9 Å². The molecule has 1 aromatic heterocycles. The van der Waals surface area contributed by atoms with Gasteiger partial charge >= 0.3 is 0 Å². The maximum Gasteiger partial charge on any atom is 0.269 e. The van der Waals surface area contributed by atoms with E-state index in [4.69, 9.17) is 5.26 Å². The number of hydrogen-bond acceptors (Lipinski definition) is 3. The molecule has 1 aliphatic rings. The second-order valence-electron chi connectivity index (χ2n) is 4.86. The first-order chi connectivity index (χ1) is 9.24. The summed E-state index contributed by atoms with van der Waals surface area (Å²) in [6.07, 6.45) is 5.08. The molecule has 0 radical (unpaired) electrons. The molecule has 100 valence electrons. The largest absolute Gasteiger partial charge is 0.350 e. The molecule has 4 nitrogen and oxygen atoms in total. The molecule has 1 N–H and O–H groups in total. The fraction of sp³-hybridized carbons (Fsp3) is 0.500. The van der Waals surface area contributed by atoms with Crippen LogP contribution in [0.3, 0.4) is 0 Å². The van der Waals surface area contributed by atoms with Crippen molar-refractivity contribution in [1.29, 1.82) is 5.26 Å². The third-order valence-corrected chi connectivity index (χ3v) is 4.50. The van der Waals surface area contributed by atoms with E-state index >= 15 is 0 Å². The minimum atomic E-state index is -0.162. The van der Waals surface area contributed by atoms with E-state index in [1.807, 2.05) is 6.07 Å². The number of halogens is 1. The van der Waals surface area contributed by atoms with Crippen molar-refractivity contribution in [1.82, 2.24) is 10.3 Å². The monoisotopic (exact) mass is 321 g/mol. The molecule has 1 aliphatic carbocycles. The average molecular weight is 322 g/mol. The predicted molar refractivity (Wildman–Crippen MR) is 75.9 cm³/mol. The van der Waals surface area contributed by atoms with Gasteiger partial charge in [-0.3, -0.25) is 4.79 Å². The highest BCUT2D eigenvalue weighted by Crippen LogP contribution is 2.32. The second kappa shape index (κ2) is 6.67. The van der Waals surface area contributed by atoms with E-state index in [1.54, 1.807) is 12.1 Å². The molecule has 0 spiro atoms. The molecule has 1 saturated carbocycles. The minimum absolute atomic E-state index is 0.162. The van der Waals surface area contributed by atoms with Crippen molar-refractivity contribution in [2.75, 3.05) is 11.9 Å². The number of carbonyl (C=O) groups is 1. The molecule has 0 saturated heterocycles. The summed E-state index contributed by atoms with van der Waals surface area (Å²) in [5.41, 5.74) is 0.832. The van der Waals surface area contributed by atoms with Crippen molar-refractivity contribution < 1.29 is 4.79 Å². The van der Waals surface area contributed by atoms with Gasteiger partial charge in [-0.2, -0.15) is 5.26 Å². The molecule has 1 amide bonds. The summed E-state index contributed by atoms with van der Waals surface area (Å²) in [5.74, 6) is 1.06. The minimum Gasteiger partial charge on any atom is -0.350 e. The molecule has 1 heterocycles. The molecular weight excluding hydrogens is 306 g/mol. The molecule has 0 aromatic carbocycles. The zero-order valence-electron chi connectivity index (χ0n) is 10.6.